The van der Waals surface area contributed by atoms with Gasteiger partial charge in [0.25, 0.3) is 0 Å². The summed E-state index contributed by atoms with van der Waals surface area (Å²) in [6.07, 6.45) is 3.61. The number of amides is 1. The van der Waals surface area contributed by atoms with E-state index < -0.39 is 6.61 Å². The van der Waals surface area contributed by atoms with Crippen molar-refractivity contribution in [1.82, 2.24) is 29.2 Å². The maximum absolute atomic E-state index is 12.7. The van der Waals surface area contributed by atoms with Gasteiger partial charge in [0.2, 0.25) is 5.91 Å². The first kappa shape index (κ1) is 24.3. The summed E-state index contributed by atoms with van der Waals surface area (Å²) in [7, 11) is 0. The van der Waals surface area contributed by atoms with Gasteiger partial charge in [0.05, 0.1) is 30.9 Å². The summed E-state index contributed by atoms with van der Waals surface area (Å²) in [6.45, 7) is 3.59. The fourth-order valence-electron chi connectivity index (χ4n) is 4.96. The molecule has 0 bridgehead atoms. The third-order valence-corrected chi connectivity index (χ3v) is 6.93. The van der Waals surface area contributed by atoms with Gasteiger partial charge in [-0.1, -0.05) is 12.1 Å². The number of anilines is 1. The first-order valence-electron chi connectivity index (χ1n) is 12.5. The number of morpholine rings is 1. The highest BCUT2D eigenvalue weighted by molar-refractivity contribution is 5.87. The average Bonchev–Trinajstić information content (AvgIpc) is 3.53. The van der Waals surface area contributed by atoms with E-state index in [1.165, 1.54) is 12.1 Å². The van der Waals surface area contributed by atoms with Crippen LogP contribution in [0.15, 0.2) is 48.9 Å². The molecular formula is C26H27F2N7O3. The highest BCUT2D eigenvalue weighted by atomic mass is 19.3. The number of carbonyl (C=O) groups is 1. The Morgan fingerprint density at radius 3 is 2.76 bits per heavy atom. The lowest BCUT2D eigenvalue weighted by atomic mass is 10.0. The predicted octanol–water partition coefficient (Wildman–Crippen LogP) is 3.20. The molecule has 10 nitrogen and oxygen atoms in total. The lowest BCUT2D eigenvalue weighted by Crippen LogP contribution is -2.50. The van der Waals surface area contributed by atoms with Crippen LogP contribution < -0.4 is 9.64 Å². The fourth-order valence-corrected chi connectivity index (χ4v) is 4.96. The second-order valence-corrected chi connectivity index (χ2v) is 9.51. The van der Waals surface area contributed by atoms with Gasteiger partial charge in [-0.3, -0.25) is 4.79 Å². The van der Waals surface area contributed by atoms with Gasteiger partial charge in [-0.2, -0.15) is 13.9 Å². The van der Waals surface area contributed by atoms with Crippen LogP contribution in [0.3, 0.4) is 0 Å². The van der Waals surface area contributed by atoms with E-state index in [-0.39, 0.29) is 11.7 Å². The SMILES string of the molecule is CC(=O)N1CC(Cn2cnc3c(N4CCOCC4)cc(-n4ccc(-c5cccc(OC(F)F)c5)n4)nc32)C1. The van der Waals surface area contributed by atoms with E-state index in [4.69, 9.17) is 14.7 Å². The van der Waals surface area contributed by atoms with Crippen molar-refractivity contribution in [3.63, 3.8) is 0 Å². The maximum atomic E-state index is 12.7. The summed E-state index contributed by atoms with van der Waals surface area (Å²) in [6, 6.07) is 10.2. The van der Waals surface area contributed by atoms with Crippen LogP contribution in [-0.4, -0.2) is 81.1 Å². The molecule has 2 fully saturated rings. The summed E-state index contributed by atoms with van der Waals surface area (Å²) in [5, 5.41) is 4.69. The van der Waals surface area contributed by atoms with Gasteiger partial charge in [-0.25, -0.2) is 14.6 Å². The van der Waals surface area contributed by atoms with Crippen molar-refractivity contribution in [1.29, 1.82) is 0 Å². The van der Waals surface area contributed by atoms with Gasteiger partial charge in [0.1, 0.15) is 11.3 Å². The maximum Gasteiger partial charge on any atom is 0.387 e. The van der Waals surface area contributed by atoms with Crippen molar-refractivity contribution in [3.8, 4) is 22.8 Å². The number of fused-ring (bicyclic) bond motifs is 1. The van der Waals surface area contributed by atoms with Crippen LogP contribution in [0.4, 0.5) is 14.5 Å². The van der Waals surface area contributed by atoms with E-state index >= 15 is 0 Å². The van der Waals surface area contributed by atoms with Gasteiger partial charge in [0, 0.05) is 63.4 Å². The van der Waals surface area contributed by atoms with Crippen molar-refractivity contribution >= 4 is 22.8 Å². The van der Waals surface area contributed by atoms with Crippen LogP contribution in [0.5, 0.6) is 5.75 Å². The number of hydrogen-bond donors (Lipinski definition) is 0. The van der Waals surface area contributed by atoms with Crippen molar-refractivity contribution in [2.45, 2.75) is 20.1 Å². The first-order chi connectivity index (χ1) is 18.4. The number of imidazole rings is 1. The highest BCUT2D eigenvalue weighted by Gasteiger charge is 2.29. The first-order valence-corrected chi connectivity index (χ1v) is 12.5. The Kier molecular flexibility index (Phi) is 6.40. The van der Waals surface area contributed by atoms with E-state index in [1.807, 2.05) is 27.9 Å². The van der Waals surface area contributed by atoms with Crippen LogP contribution in [-0.2, 0) is 16.1 Å². The Hall–Kier alpha value is -4.06. The largest absolute Gasteiger partial charge is 0.435 e. The topological polar surface area (TPSA) is 90.5 Å². The average molecular weight is 524 g/mol. The van der Waals surface area contributed by atoms with Gasteiger partial charge < -0.3 is 23.8 Å². The molecule has 5 heterocycles. The predicted molar refractivity (Wildman–Crippen MR) is 135 cm³/mol. The molecule has 12 heteroatoms. The molecule has 0 unspecified atom stereocenters. The molecule has 0 atom stereocenters. The standard InChI is InChI=1S/C26H27F2N7O3/c1-17(36)33-13-18(14-33)15-34-16-29-24-22(32-7-9-37-10-8-32)12-23(30-25(24)34)35-6-5-21(31-35)19-3-2-4-20(11-19)38-26(27)28/h2-6,11-12,16,18,26H,7-10,13-15H2,1H3. The van der Waals surface area contributed by atoms with E-state index in [0.717, 1.165) is 43.0 Å². The number of nitrogens with zero attached hydrogens (tertiary/aromatic N) is 7. The van der Waals surface area contributed by atoms with Crippen LogP contribution >= 0.6 is 0 Å². The molecule has 0 aliphatic carbocycles. The number of rotatable bonds is 7. The molecule has 2 saturated heterocycles. The van der Waals surface area contributed by atoms with Gasteiger partial charge in [0.15, 0.2) is 11.5 Å². The van der Waals surface area contributed by atoms with Gasteiger partial charge >= 0.3 is 6.61 Å². The molecule has 2 aliphatic heterocycles. The van der Waals surface area contributed by atoms with Crippen molar-refractivity contribution in [3.05, 3.63) is 48.9 Å². The molecule has 198 valence electrons. The van der Waals surface area contributed by atoms with Gasteiger partial charge in [-0.05, 0) is 18.2 Å². The lowest BCUT2D eigenvalue weighted by molar-refractivity contribution is -0.135. The fraction of sp³-hybridized carbons (Fsp3) is 0.385. The Labute approximate surface area is 217 Å². The van der Waals surface area contributed by atoms with Crippen molar-refractivity contribution in [2.75, 3.05) is 44.3 Å². The molecule has 3 aromatic heterocycles. The van der Waals surface area contributed by atoms with Crippen LogP contribution in [0.25, 0.3) is 28.2 Å². The number of alkyl halides is 2. The van der Waals surface area contributed by atoms with E-state index in [2.05, 4.69) is 14.7 Å². The summed E-state index contributed by atoms with van der Waals surface area (Å²) in [4.78, 5) is 25.3. The molecule has 1 amide bonds. The molecule has 38 heavy (non-hydrogen) atoms. The number of benzene rings is 1. The Balaban J connectivity index is 1.35. The summed E-state index contributed by atoms with van der Waals surface area (Å²) >= 11 is 0. The number of ether oxygens (including phenoxy) is 2. The lowest BCUT2D eigenvalue weighted by Gasteiger charge is -2.38. The molecule has 0 N–H and O–H groups in total. The number of aromatic nitrogens is 5. The Morgan fingerprint density at radius 1 is 1.18 bits per heavy atom. The zero-order valence-corrected chi connectivity index (χ0v) is 20.8. The third kappa shape index (κ3) is 4.78. The Morgan fingerprint density at radius 2 is 2.00 bits per heavy atom. The molecule has 0 saturated carbocycles. The number of hydrogen-bond acceptors (Lipinski definition) is 7. The normalized spacial score (nSPS) is 16.3. The summed E-state index contributed by atoms with van der Waals surface area (Å²) in [5.41, 5.74) is 3.76. The Bertz CT molecular complexity index is 1460. The van der Waals surface area contributed by atoms with Crippen LogP contribution in [0, 0.1) is 5.92 Å². The van der Waals surface area contributed by atoms with E-state index in [0.29, 0.717) is 42.8 Å². The molecule has 2 aliphatic rings. The molecule has 1 aromatic carbocycles. The number of halogens is 2. The van der Waals surface area contributed by atoms with E-state index in [9.17, 15) is 13.6 Å². The van der Waals surface area contributed by atoms with Crippen molar-refractivity contribution in [2.24, 2.45) is 5.92 Å². The molecular weight excluding hydrogens is 496 g/mol. The smallest absolute Gasteiger partial charge is 0.387 e. The molecule has 4 aromatic rings. The number of carbonyl (C=O) groups excluding carboxylic acids is 1. The highest BCUT2D eigenvalue weighted by Crippen LogP contribution is 2.30. The molecule has 6 rings (SSSR count). The second-order valence-electron chi connectivity index (χ2n) is 9.51. The quantitative estimate of drug-likeness (QED) is 0.368. The number of pyridine rings is 1. The molecule has 0 radical (unpaired) electrons. The zero-order chi connectivity index (χ0) is 26.2. The minimum atomic E-state index is -2.90. The monoisotopic (exact) mass is 523 g/mol. The van der Waals surface area contributed by atoms with E-state index in [1.54, 1.807) is 29.9 Å². The van der Waals surface area contributed by atoms with Gasteiger partial charge in [-0.15, -0.1) is 0 Å². The molecule has 0 spiro atoms. The van der Waals surface area contributed by atoms with Crippen LogP contribution in [0.2, 0.25) is 0 Å². The zero-order valence-electron chi connectivity index (χ0n) is 20.8. The van der Waals surface area contributed by atoms with Crippen molar-refractivity contribution < 1.29 is 23.0 Å². The number of likely N-dealkylation sites (tertiary alicyclic amines) is 1. The summed E-state index contributed by atoms with van der Waals surface area (Å²) < 4.78 is 39.2. The minimum Gasteiger partial charge on any atom is -0.435 e. The van der Waals surface area contributed by atoms with Crippen LogP contribution in [0.1, 0.15) is 6.92 Å². The minimum absolute atomic E-state index is 0.0735. The second kappa shape index (κ2) is 10.0. The third-order valence-electron chi connectivity index (χ3n) is 6.93. The summed E-state index contributed by atoms with van der Waals surface area (Å²) in [5.74, 6) is 1.12.